The van der Waals surface area contributed by atoms with E-state index < -0.39 is 0 Å². The van der Waals surface area contributed by atoms with Gasteiger partial charge in [-0.05, 0) is 95.6 Å². The monoisotopic (exact) mass is 566 g/mol. The average molecular weight is 567 g/mol. The Labute approximate surface area is 244 Å². The van der Waals surface area contributed by atoms with Crippen molar-refractivity contribution in [1.82, 2.24) is 10.3 Å². The molecule has 4 aliphatic heterocycles. The van der Waals surface area contributed by atoms with Crippen LogP contribution in [-0.4, -0.2) is 41.4 Å². The molecule has 0 radical (unpaired) electrons. The summed E-state index contributed by atoms with van der Waals surface area (Å²) in [5.74, 6) is 2.91. The first kappa shape index (κ1) is 28.9. The molecular formula is C34H34N2O6. The van der Waals surface area contributed by atoms with Gasteiger partial charge >= 0.3 is 0 Å². The van der Waals surface area contributed by atoms with Crippen molar-refractivity contribution in [2.45, 2.75) is 25.3 Å². The summed E-state index contributed by atoms with van der Waals surface area (Å²) >= 11 is 0. The topological polar surface area (TPSA) is 125 Å². The first-order valence-electron chi connectivity index (χ1n) is 13.7. The number of nitrogens with one attached hydrogen (secondary N) is 1. The van der Waals surface area contributed by atoms with E-state index in [1.54, 1.807) is 13.3 Å². The molecule has 9 rings (SSSR count). The molecule has 1 unspecified atom stereocenters. The smallest absolute Gasteiger partial charge is 0.202 e. The van der Waals surface area contributed by atoms with E-state index in [4.69, 9.17) is 24.3 Å². The van der Waals surface area contributed by atoms with Crippen LogP contribution in [-0.2, 0) is 19.3 Å². The van der Waals surface area contributed by atoms with E-state index in [-0.39, 0.29) is 17.3 Å². The Morgan fingerprint density at radius 2 is 1.55 bits per heavy atom. The quantitative estimate of drug-likeness (QED) is 0.239. The van der Waals surface area contributed by atoms with Gasteiger partial charge in [-0.3, -0.25) is 4.98 Å². The Morgan fingerprint density at radius 1 is 0.857 bits per heavy atom. The normalized spacial score (nSPS) is 15.1. The van der Waals surface area contributed by atoms with Crippen molar-refractivity contribution < 1.29 is 29.9 Å². The van der Waals surface area contributed by atoms with Crippen molar-refractivity contribution in [2.75, 3.05) is 20.8 Å². The number of pyridine rings is 1. The molecule has 5 heterocycles. The van der Waals surface area contributed by atoms with Crippen molar-refractivity contribution in [3.05, 3.63) is 113 Å². The van der Waals surface area contributed by atoms with Gasteiger partial charge in [-0.2, -0.15) is 0 Å². The Bertz CT molecular complexity index is 1690. The number of aliphatic hydroxyl groups is 1. The van der Waals surface area contributed by atoms with Gasteiger partial charge < -0.3 is 35.2 Å². The number of fused-ring (bicyclic) bond motifs is 2. The second kappa shape index (κ2) is 12.5. The van der Waals surface area contributed by atoms with Crippen LogP contribution in [0, 0.1) is 0 Å². The Morgan fingerprint density at radius 3 is 2.26 bits per heavy atom. The molecule has 8 nitrogen and oxygen atoms in total. The summed E-state index contributed by atoms with van der Waals surface area (Å²) in [6.45, 7) is 0.922. The highest BCUT2D eigenvalue weighted by molar-refractivity contribution is 5.95. The maximum atomic E-state index is 11.3. The minimum Gasteiger partial charge on any atom is -0.502 e. The maximum Gasteiger partial charge on any atom is 0.202 e. The van der Waals surface area contributed by atoms with Crippen LogP contribution in [0.1, 0.15) is 34.0 Å². The number of rotatable bonds is 1. The van der Waals surface area contributed by atoms with Gasteiger partial charge in [0.25, 0.3) is 0 Å². The number of hydrogen-bond acceptors (Lipinski definition) is 7. The van der Waals surface area contributed by atoms with Crippen LogP contribution in [0.2, 0.25) is 0 Å². The first-order valence-corrected chi connectivity index (χ1v) is 13.7. The number of aromatic nitrogens is 1. The zero-order valence-corrected chi connectivity index (χ0v) is 23.6. The summed E-state index contributed by atoms with van der Waals surface area (Å²) in [4.78, 5) is 4.71. The number of hydrogen-bond donors (Lipinski definition) is 3. The van der Waals surface area contributed by atoms with E-state index in [1.807, 2.05) is 54.6 Å². The van der Waals surface area contributed by atoms with Crippen LogP contribution < -0.4 is 19.5 Å². The minimum atomic E-state index is -0.0406. The first-order chi connectivity index (χ1) is 20.1. The molecule has 216 valence electrons. The molecular weight excluding hydrogens is 532 g/mol. The molecule has 6 bridgehead atoms. The summed E-state index contributed by atoms with van der Waals surface area (Å²) in [5.41, 5.74) is 5.61. The number of phenolic OH excluding ortho intramolecular Hbond substituents is 1. The fourth-order valence-electron chi connectivity index (χ4n) is 5.65. The van der Waals surface area contributed by atoms with E-state index in [9.17, 15) is 5.11 Å². The number of methoxy groups -OCH3 is 1. The van der Waals surface area contributed by atoms with Gasteiger partial charge in [-0.1, -0.05) is 30.3 Å². The van der Waals surface area contributed by atoms with Crippen LogP contribution in [0.3, 0.4) is 0 Å². The van der Waals surface area contributed by atoms with E-state index in [2.05, 4.69) is 29.6 Å². The van der Waals surface area contributed by atoms with Gasteiger partial charge in [-0.15, -0.1) is 0 Å². The summed E-state index contributed by atoms with van der Waals surface area (Å²) in [6.07, 6.45) is 4.14. The number of aromatic hydroxyl groups is 1. The number of phenols is 1. The SMILES string of the molecule is CO.COc1cc2ccnc3c2c(c1O)Oc1ccc2c(c1)C(Cc1ccc(cc1)Oc1ccc(cc1)C3)NCC2.O. The third-order valence-corrected chi connectivity index (χ3v) is 7.64. The second-order valence-corrected chi connectivity index (χ2v) is 10.1. The number of aliphatic hydroxyl groups excluding tert-OH is 1. The lowest BCUT2D eigenvalue weighted by molar-refractivity contribution is 0.356. The second-order valence-electron chi connectivity index (χ2n) is 10.1. The Hall–Kier alpha value is -4.63. The van der Waals surface area contributed by atoms with Gasteiger partial charge in [0.05, 0.1) is 18.2 Å². The third-order valence-electron chi connectivity index (χ3n) is 7.64. The molecule has 0 saturated carbocycles. The van der Waals surface area contributed by atoms with Crippen LogP contribution in [0.4, 0.5) is 0 Å². The minimum absolute atomic E-state index is 0. The molecule has 0 spiro atoms. The molecule has 42 heavy (non-hydrogen) atoms. The van der Waals surface area contributed by atoms with E-state index >= 15 is 0 Å². The van der Waals surface area contributed by atoms with E-state index in [1.165, 1.54) is 16.7 Å². The summed E-state index contributed by atoms with van der Waals surface area (Å²) < 4.78 is 18.2. The van der Waals surface area contributed by atoms with Crippen LogP contribution in [0.5, 0.6) is 34.5 Å². The van der Waals surface area contributed by atoms with Gasteiger partial charge in [-0.25, -0.2) is 0 Å². The van der Waals surface area contributed by atoms with Gasteiger partial charge in [0.15, 0.2) is 11.5 Å². The predicted octanol–water partition coefficient (Wildman–Crippen LogP) is 5.65. The average Bonchev–Trinajstić information content (AvgIpc) is 3.01. The zero-order valence-electron chi connectivity index (χ0n) is 23.6. The molecule has 0 aliphatic carbocycles. The van der Waals surface area contributed by atoms with Crippen LogP contribution in [0.25, 0.3) is 10.8 Å². The molecule has 0 fully saturated rings. The molecule has 8 heteroatoms. The third kappa shape index (κ3) is 5.60. The molecule has 0 saturated heterocycles. The fraction of sp³-hybridized carbons (Fsp3) is 0.206. The van der Waals surface area contributed by atoms with Crippen LogP contribution in [0.15, 0.2) is 85.1 Å². The number of benzene rings is 4. The number of nitrogens with zero attached hydrogens (tertiary/aromatic N) is 1. The highest BCUT2D eigenvalue weighted by Crippen LogP contribution is 2.46. The summed E-state index contributed by atoms with van der Waals surface area (Å²) in [5, 5.41) is 23.6. The molecule has 1 atom stereocenters. The molecule has 1 aromatic heterocycles. The maximum absolute atomic E-state index is 11.3. The van der Waals surface area contributed by atoms with Gasteiger partial charge in [0, 0.05) is 25.8 Å². The standard InChI is InChI=1S/C33H28N2O4.CH4O.H2O/c1-37-30-18-23-13-15-35-29-17-21-4-9-25(10-5-21)38-24-7-2-20(3-8-24)16-28-27-19-26(11-6-22(27)12-14-34-28)39-33(31(23)29)32(30)36;1-2;/h2-11,13,15,18-19,28,34,36H,12,14,16-17H2,1H3;2H,1H3;1H2. The molecule has 0 amide bonds. The summed E-state index contributed by atoms with van der Waals surface area (Å²) in [7, 11) is 2.55. The summed E-state index contributed by atoms with van der Waals surface area (Å²) in [6, 6.07) is 26.4. The van der Waals surface area contributed by atoms with Gasteiger partial charge in [0.1, 0.15) is 17.2 Å². The Kier molecular flexibility index (Phi) is 8.59. The number of ether oxygens (including phenoxy) is 3. The van der Waals surface area contributed by atoms with E-state index in [0.717, 1.165) is 60.0 Å². The molecule has 5 N–H and O–H groups in total. The van der Waals surface area contributed by atoms with Crippen molar-refractivity contribution >= 4 is 10.8 Å². The van der Waals surface area contributed by atoms with Gasteiger partial charge in [0.2, 0.25) is 5.75 Å². The highest BCUT2D eigenvalue weighted by atomic mass is 16.5. The zero-order chi connectivity index (χ0) is 28.3. The fourth-order valence-corrected chi connectivity index (χ4v) is 5.65. The largest absolute Gasteiger partial charge is 0.502 e. The predicted molar refractivity (Wildman–Crippen MR) is 162 cm³/mol. The van der Waals surface area contributed by atoms with Crippen LogP contribution >= 0.6 is 0 Å². The lowest BCUT2D eigenvalue weighted by Gasteiger charge is -2.28. The Balaban J connectivity index is 0.00000115. The lowest BCUT2D eigenvalue weighted by atomic mass is 9.90. The molecule has 5 aromatic rings. The van der Waals surface area contributed by atoms with E-state index in [0.29, 0.717) is 23.7 Å². The molecule has 4 aromatic carbocycles. The lowest BCUT2D eigenvalue weighted by Crippen LogP contribution is -2.31. The highest BCUT2D eigenvalue weighted by Gasteiger charge is 2.23. The van der Waals surface area contributed by atoms with Crippen molar-refractivity contribution in [2.24, 2.45) is 0 Å². The molecule has 4 aliphatic rings. The van der Waals surface area contributed by atoms with Crippen molar-refractivity contribution in [3.8, 4) is 34.5 Å². The van der Waals surface area contributed by atoms with Crippen molar-refractivity contribution in [3.63, 3.8) is 0 Å². The van der Waals surface area contributed by atoms with Crippen molar-refractivity contribution in [1.29, 1.82) is 0 Å².